The third-order valence-corrected chi connectivity index (χ3v) is 7.38. The molecule has 0 bridgehead atoms. The minimum absolute atomic E-state index is 0. The predicted octanol–water partition coefficient (Wildman–Crippen LogP) is 4.63. The maximum Gasteiger partial charge on any atom is 0.407 e. The van der Waals surface area contributed by atoms with Gasteiger partial charge in [0.05, 0.1) is 5.92 Å². The minimum atomic E-state index is -1.50. The van der Waals surface area contributed by atoms with Crippen LogP contribution in [-0.4, -0.2) is 96.4 Å². The summed E-state index contributed by atoms with van der Waals surface area (Å²) in [7, 11) is 0. The number of unbranched alkanes of at least 4 members (excludes halogenated alkanes) is 2. The van der Waals surface area contributed by atoms with Gasteiger partial charge in [0.15, 0.2) is 0 Å². The Morgan fingerprint density at radius 1 is 0.810 bits per heavy atom. The van der Waals surface area contributed by atoms with Crippen LogP contribution in [0.5, 0.6) is 0 Å². The van der Waals surface area contributed by atoms with Crippen LogP contribution in [0.3, 0.4) is 0 Å². The number of rotatable bonds is 15. The monoisotopic (exact) mass is 979 g/mol. The molecular weight excluding hydrogens is 924 g/mol. The van der Waals surface area contributed by atoms with E-state index in [0.717, 1.165) is 41.5 Å². The van der Waals surface area contributed by atoms with Gasteiger partial charge >= 0.3 is 24.1 Å². The maximum atomic E-state index is 12.2. The molecule has 0 aromatic heterocycles. The van der Waals surface area contributed by atoms with Crippen molar-refractivity contribution < 1.29 is 136 Å². The molecule has 2 radical (unpaired) electrons. The Kier molecular flexibility index (Phi) is 37.1. The first kappa shape index (κ1) is 63.3. The normalized spacial score (nSPS) is 11.3. The average molecular weight is 980 g/mol. The zero-order valence-corrected chi connectivity index (χ0v) is 38.8. The third kappa shape index (κ3) is 30.2. The molecule has 21 nitrogen and oxygen atoms in total. The Labute approximate surface area is 386 Å². The van der Waals surface area contributed by atoms with E-state index in [0.29, 0.717) is 37.9 Å². The molecule has 3 rings (SSSR count). The number of carboxylic acids is 2. The first-order valence-electron chi connectivity index (χ1n) is 16.9. The summed E-state index contributed by atoms with van der Waals surface area (Å²) < 4.78 is 10.5. The van der Waals surface area contributed by atoms with Crippen molar-refractivity contribution in [2.45, 2.75) is 97.1 Å². The number of benzene rings is 2. The van der Waals surface area contributed by atoms with Crippen LogP contribution >= 0.6 is 0 Å². The van der Waals surface area contributed by atoms with E-state index in [4.69, 9.17) is 50.6 Å². The first-order chi connectivity index (χ1) is 25.2. The number of nitrogens with one attached hydrogen (secondary N) is 3. The Balaban J connectivity index is -0.000000277. The molecular formula is C35H55N5O16Y2. The van der Waals surface area contributed by atoms with Crippen molar-refractivity contribution in [3.05, 3.63) is 79.9 Å². The van der Waals surface area contributed by atoms with Crippen LogP contribution in [0.15, 0.2) is 48.5 Å². The Morgan fingerprint density at radius 3 is 1.67 bits per heavy atom. The SMILES string of the molecule is CC(=N)CCCCC(NC(=O)OCC1c2ccccc2-c2ccccc21)C(=O)O.CC(CCCCNC(=O)OC(C)(C)C)C(=O)O.O.O.O=[N+]([O-])O.O=[N+]([O-])O.[Y].[Y]. The molecule has 1 aliphatic rings. The molecule has 58 heavy (non-hydrogen) atoms. The predicted molar refractivity (Wildman–Crippen MR) is 201 cm³/mol. The number of aliphatic carboxylic acids is 2. The van der Waals surface area contributed by atoms with Gasteiger partial charge in [-0.15, -0.1) is 20.2 Å². The fraction of sp³-hybridized carbons (Fsp3) is 0.514. The number of alkyl carbamates (subject to hydrolysis) is 2. The Bertz CT molecular complexity index is 1500. The maximum absolute atomic E-state index is 12.2. The summed E-state index contributed by atoms with van der Waals surface area (Å²) in [4.78, 5) is 62.2. The van der Waals surface area contributed by atoms with Crippen molar-refractivity contribution in [1.82, 2.24) is 10.6 Å². The van der Waals surface area contributed by atoms with Crippen LogP contribution in [0.2, 0.25) is 0 Å². The van der Waals surface area contributed by atoms with Crippen LogP contribution in [0, 0.1) is 31.6 Å². The summed E-state index contributed by atoms with van der Waals surface area (Å²) in [6.45, 7) is 9.50. The quantitative estimate of drug-likeness (QED) is 0.0554. The van der Waals surface area contributed by atoms with E-state index in [1.54, 1.807) is 34.6 Å². The minimum Gasteiger partial charge on any atom is -0.481 e. The summed E-state index contributed by atoms with van der Waals surface area (Å²) in [6, 6.07) is 15.1. The third-order valence-electron chi connectivity index (χ3n) is 7.38. The van der Waals surface area contributed by atoms with Gasteiger partial charge in [-0.25, -0.2) is 14.4 Å². The molecule has 0 saturated carbocycles. The van der Waals surface area contributed by atoms with Crippen molar-refractivity contribution >= 4 is 29.8 Å². The zero-order chi connectivity index (χ0) is 41.4. The average Bonchev–Trinajstić information content (AvgIpc) is 3.37. The molecule has 0 heterocycles. The van der Waals surface area contributed by atoms with Crippen LogP contribution in [-0.2, 0) is 84.5 Å². The smallest absolute Gasteiger partial charge is 0.407 e. The Hall–Kier alpha value is -3.88. The van der Waals surface area contributed by atoms with Gasteiger partial charge in [-0.05, 0) is 82.1 Å². The van der Waals surface area contributed by atoms with Crippen molar-refractivity contribution in [2.24, 2.45) is 5.92 Å². The first-order valence-corrected chi connectivity index (χ1v) is 16.9. The van der Waals surface area contributed by atoms with Crippen LogP contribution in [0.4, 0.5) is 9.59 Å². The molecule has 0 aliphatic heterocycles. The van der Waals surface area contributed by atoms with Gasteiger partial charge < -0.3 is 57.1 Å². The molecule has 23 heteroatoms. The molecule has 2 atom stereocenters. The van der Waals surface area contributed by atoms with Crippen molar-refractivity contribution in [3.63, 3.8) is 0 Å². The molecule has 2 amide bonds. The zero-order valence-electron chi connectivity index (χ0n) is 33.1. The largest absolute Gasteiger partial charge is 0.481 e. The van der Waals surface area contributed by atoms with E-state index >= 15 is 0 Å². The summed E-state index contributed by atoms with van der Waals surface area (Å²) in [6.07, 6.45) is 3.32. The summed E-state index contributed by atoms with van der Waals surface area (Å²) in [5.41, 5.74) is 4.59. The second-order valence-corrected chi connectivity index (χ2v) is 13.0. The molecule has 2 aromatic rings. The molecule has 1 aliphatic carbocycles. The van der Waals surface area contributed by atoms with E-state index in [1.165, 1.54) is 0 Å². The van der Waals surface area contributed by atoms with Crippen LogP contribution in [0.25, 0.3) is 11.1 Å². The fourth-order valence-corrected chi connectivity index (χ4v) is 4.98. The number of carbonyl (C=O) groups excluding carboxylic acids is 2. The van der Waals surface area contributed by atoms with Gasteiger partial charge in [0.1, 0.15) is 18.2 Å². The number of hydrogen-bond donors (Lipinski definition) is 7. The number of carbonyl (C=O) groups is 4. The van der Waals surface area contributed by atoms with Crippen molar-refractivity contribution in [3.8, 4) is 11.1 Å². The summed E-state index contributed by atoms with van der Waals surface area (Å²) in [5, 5.41) is 57.8. The van der Waals surface area contributed by atoms with Gasteiger partial charge in [-0.1, -0.05) is 68.3 Å². The van der Waals surface area contributed by atoms with E-state index in [2.05, 4.69) is 22.8 Å². The number of nitrogens with zero attached hydrogens (tertiary/aromatic N) is 2. The van der Waals surface area contributed by atoms with Gasteiger partial charge in [0.2, 0.25) is 0 Å². The molecule has 2 unspecified atom stereocenters. The fourth-order valence-electron chi connectivity index (χ4n) is 4.98. The van der Waals surface area contributed by atoms with Gasteiger partial charge in [0.25, 0.3) is 10.2 Å². The van der Waals surface area contributed by atoms with Gasteiger partial charge in [0, 0.05) is 83.6 Å². The van der Waals surface area contributed by atoms with E-state index < -0.39 is 45.9 Å². The number of carboxylic acid groups (broad SMARTS) is 2. The van der Waals surface area contributed by atoms with E-state index in [9.17, 15) is 24.3 Å². The molecule has 322 valence electrons. The topological polar surface area (TPSA) is 365 Å². The second kappa shape index (κ2) is 34.0. The Morgan fingerprint density at radius 2 is 1.26 bits per heavy atom. The van der Waals surface area contributed by atoms with Crippen molar-refractivity contribution in [1.29, 1.82) is 5.41 Å². The van der Waals surface area contributed by atoms with Crippen LogP contribution in [0.1, 0.15) is 96.6 Å². The second-order valence-electron chi connectivity index (χ2n) is 13.0. The van der Waals surface area contributed by atoms with E-state index in [-0.39, 0.29) is 94.8 Å². The number of fused-ring (bicyclic) bond motifs is 3. The van der Waals surface area contributed by atoms with Crippen molar-refractivity contribution in [2.75, 3.05) is 13.2 Å². The summed E-state index contributed by atoms with van der Waals surface area (Å²) >= 11 is 0. The van der Waals surface area contributed by atoms with Crippen LogP contribution < -0.4 is 10.6 Å². The summed E-state index contributed by atoms with van der Waals surface area (Å²) in [5.74, 6) is -2.24. The molecule has 0 fully saturated rings. The molecule has 11 N–H and O–H groups in total. The number of amides is 2. The van der Waals surface area contributed by atoms with Gasteiger partial charge in [-0.3, -0.25) is 4.79 Å². The molecule has 0 saturated heterocycles. The number of hydrogen-bond acceptors (Lipinski definition) is 11. The van der Waals surface area contributed by atoms with E-state index in [1.807, 2.05) is 36.4 Å². The number of ether oxygens (including phenoxy) is 2. The standard InChI is InChI=1S/C23H26N2O4.C12H23NO4.2HNO3.2H2O.2Y/c1-15(24)8-2-7-13-21(22(26)27)25-23(28)29-14-20-18-11-5-3-9-16(18)17-10-4-6-12-19(17)20;1-9(10(14)15)7-5-6-8-13-11(16)17-12(2,3)4;2*2-1(3)4;;;;/h3-6,9-12,20-21,24H,2,7-8,13-14H2,1H3,(H,25,28)(H,26,27);9H,5-8H2,1-4H3,(H,13,16)(H,14,15);2*(H,2,3,4);2*1H2;;. The van der Waals surface area contributed by atoms with Gasteiger partial charge in [-0.2, -0.15) is 0 Å². The molecule has 0 spiro atoms. The molecule has 2 aromatic carbocycles.